The van der Waals surface area contributed by atoms with Crippen molar-refractivity contribution in [1.82, 2.24) is 56.4 Å². The lowest BCUT2D eigenvalue weighted by molar-refractivity contribution is -0.221. The average Bonchev–Trinajstić information content (AvgIpc) is 1.39. The van der Waals surface area contributed by atoms with Gasteiger partial charge in [-0.3, -0.25) is 44.1 Å². The van der Waals surface area contributed by atoms with Crippen LogP contribution in [0.1, 0.15) is 133 Å². The molecular formula is C74H89F10N12O19P. The molecular weight excluding hydrogens is 1580 g/mol. The van der Waals surface area contributed by atoms with Gasteiger partial charge in [0.1, 0.15) is 35.6 Å². The van der Waals surface area contributed by atoms with Gasteiger partial charge in [-0.15, -0.1) is 0 Å². The smallest absolute Gasteiger partial charge is 0.481 e. The Morgan fingerprint density at radius 3 is 1.84 bits per heavy atom. The Morgan fingerprint density at radius 2 is 1.32 bits per heavy atom. The van der Waals surface area contributed by atoms with Crippen molar-refractivity contribution in [3.05, 3.63) is 124 Å². The minimum absolute atomic E-state index is 0.0333. The van der Waals surface area contributed by atoms with Crippen LogP contribution in [0.3, 0.4) is 0 Å². The summed E-state index contributed by atoms with van der Waals surface area (Å²) in [7, 11) is -3.98. The number of esters is 1. The number of carboxylic acids is 1. The maximum absolute atomic E-state index is 16.8. The number of phosphoric ester groups is 1. The number of hydrazine groups is 1. The number of rotatable bonds is 33. The number of carboxylic acid groups (broad SMARTS) is 1. The van der Waals surface area contributed by atoms with E-state index in [0.29, 0.717) is 113 Å². The summed E-state index contributed by atoms with van der Waals surface area (Å²) in [4.78, 5) is 143. The normalized spacial score (nSPS) is 16.6. The first-order valence-electron chi connectivity index (χ1n) is 35.9. The van der Waals surface area contributed by atoms with Crippen LogP contribution in [0.2, 0.25) is 0 Å². The van der Waals surface area contributed by atoms with Gasteiger partial charge in [0.05, 0.1) is 81.0 Å². The van der Waals surface area contributed by atoms with E-state index in [-0.39, 0.29) is 39.8 Å². The highest BCUT2D eigenvalue weighted by atomic mass is 31.2. The van der Waals surface area contributed by atoms with Gasteiger partial charge < -0.3 is 64.2 Å². The minimum Gasteiger partial charge on any atom is -0.481 e. The van der Waals surface area contributed by atoms with Gasteiger partial charge in [-0.05, 0) is 127 Å². The number of hydrogen-bond acceptors (Lipinski definition) is 22. The Bertz CT molecular complexity index is 4480. The maximum Gasteiger partial charge on any atom is 0.524 e. The molecule has 5 amide bonds. The lowest BCUT2D eigenvalue weighted by Crippen LogP contribution is -2.64. The van der Waals surface area contributed by atoms with E-state index < -0.39 is 194 Å². The molecule has 6 atom stereocenters. The number of phosphoric acid groups is 1. The number of hydrogen-bond donors (Lipinski definition) is 8. The Morgan fingerprint density at radius 1 is 0.750 bits per heavy atom. The van der Waals surface area contributed by atoms with Crippen LogP contribution in [0.25, 0.3) is 11.3 Å². The summed E-state index contributed by atoms with van der Waals surface area (Å²) in [6, 6.07) is 3.56. The van der Waals surface area contributed by atoms with Crippen molar-refractivity contribution in [2.24, 2.45) is 10.8 Å². The van der Waals surface area contributed by atoms with Crippen LogP contribution in [0.15, 0.2) is 73.2 Å². The molecule has 31 nitrogen and oxygen atoms in total. The fourth-order valence-corrected chi connectivity index (χ4v) is 13.9. The zero-order chi connectivity index (χ0) is 86.0. The number of methoxy groups -OCH3 is 2. The number of halogens is 10. The molecule has 3 aliphatic rings. The Hall–Kier alpha value is -10.4. The number of alkyl carbamates (subject to hydrolysis) is 2. The monoisotopic (exact) mass is 1670 g/mol. The Labute approximate surface area is 658 Å². The molecule has 3 aliphatic heterocycles. The van der Waals surface area contributed by atoms with Crippen molar-refractivity contribution in [2.45, 2.75) is 186 Å². The SMILES string of the molecule is COC(=O)N[C@H](C(=O)N[C@@H](Cc1ccc(C#Cc2cnc(N3CC4CCC(C3)N4C3COC3)nc2)cc1)[C@H](CN(Cc1c(F)cc(-c2ccn(C(F)F)n2)cc1F)NC(=O)[C@@H](NC(=O)OC)C(C)(C)C(F)(F)F)OC(=O)OCOC(=O)CC(C)(C)c1c(CC(=O)NC(C)(C)CCC(=O)O)cc(C)cc1OP(=O)(O)O)C(C)(C)C(F)(F)F. The molecule has 2 bridgehead atoms. The number of fused-ring (bicyclic) bond motifs is 2. The van der Waals surface area contributed by atoms with Crippen LogP contribution in [0.5, 0.6) is 5.75 Å². The molecule has 0 spiro atoms. The fourth-order valence-electron chi connectivity index (χ4n) is 13.5. The number of amides is 5. The van der Waals surface area contributed by atoms with Crippen LogP contribution in [-0.2, 0) is 81.8 Å². The van der Waals surface area contributed by atoms with E-state index in [1.807, 2.05) is 10.7 Å². The van der Waals surface area contributed by atoms with E-state index in [1.54, 1.807) is 5.32 Å². The number of aryl methyl sites for hydroxylation is 1. The third-order valence-electron chi connectivity index (χ3n) is 19.9. The molecule has 42 heteroatoms. The molecule has 3 saturated heterocycles. The van der Waals surface area contributed by atoms with Gasteiger partial charge >= 0.3 is 57.0 Å². The van der Waals surface area contributed by atoms with Crippen molar-refractivity contribution in [1.29, 1.82) is 0 Å². The fraction of sp³-hybridized carbons (Fsp3) is 0.527. The molecule has 8 N–H and O–H groups in total. The number of nitrogens with one attached hydrogen (secondary N) is 5. The topological polar surface area (TPSA) is 392 Å². The number of benzene rings is 3. The number of alkyl halides is 8. The second-order valence-corrected chi connectivity index (χ2v) is 31.6. The molecule has 634 valence electrons. The molecule has 0 radical (unpaired) electrons. The lowest BCUT2D eigenvalue weighted by atomic mass is 9.77. The van der Waals surface area contributed by atoms with Gasteiger partial charge in [0.25, 0.3) is 5.91 Å². The second-order valence-electron chi connectivity index (χ2n) is 30.4. The van der Waals surface area contributed by atoms with Gasteiger partial charge in [0.2, 0.25) is 24.6 Å². The van der Waals surface area contributed by atoms with E-state index in [4.69, 9.17) is 23.5 Å². The Kier molecular flexibility index (Phi) is 29.3. The third-order valence-corrected chi connectivity index (χ3v) is 20.3. The van der Waals surface area contributed by atoms with E-state index in [0.717, 1.165) is 32.2 Å². The molecule has 0 saturated carbocycles. The highest BCUT2D eigenvalue weighted by molar-refractivity contribution is 7.46. The molecule has 5 aromatic rings. The average molecular weight is 1670 g/mol. The predicted molar refractivity (Wildman–Crippen MR) is 388 cm³/mol. The third kappa shape index (κ3) is 23.9. The molecule has 116 heavy (non-hydrogen) atoms. The zero-order valence-electron chi connectivity index (χ0n) is 64.7. The van der Waals surface area contributed by atoms with Gasteiger partial charge in [-0.25, -0.2) is 47.4 Å². The minimum atomic E-state index is -5.43. The van der Waals surface area contributed by atoms with Gasteiger partial charge in [-0.2, -0.15) is 40.2 Å². The molecule has 2 unspecified atom stereocenters. The standard InChI is InChI=1S/C74H89F10N12O19P/c1-40-24-45(29-56(97)90-70(4,5)22-20-57(98)99)59(54(25-40)115-116(106,107)108)69(2,3)30-58(100)112-39-113-68(105)114-55(36-94(92-63(102)61(89-67(104)110-11)72(8,9)74(82,83)84)35-49-50(75)27-44(28-51(49)76)52-21-23-95(91-52)64(77)78)53(87-62(101)60(88-66(103)109-10)71(6,7)73(79,80)81)26-42-15-12-41(13-16-42)14-17-43-31-85-65(86-32-43)93-33-46-18-19-47(34-93)96(46)48-37-111-38-48/h12-13,15-16,21,23-25,27-28,31-32,46-48,53,55,60-61,64H,18-20,22,26,29-30,33-39H2,1-11H3,(H,87,101)(H,88,103)(H,89,104)(H,90,97)(H,92,102)(H,98,99)(H2,106,107,108)/t46?,47?,53-,55-,60+,61+/m0/s1. The van der Waals surface area contributed by atoms with E-state index in [1.165, 1.54) is 83.4 Å². The lowest BCUT2D eigenvalue weighted by Gasteiger charge is -2.47. The number of carbonyl (C=O) groups excluding carboxylic acids is 7. The van der Waals surface area contributed by atoms with Crippen molar-refractivity contribution in [3.8, 4) is 28.8 Å². The molecule has 5 heterocycles. The first kappa shape index (κ1) is 91.1. The van der Waals surface area contributed by atoms with Gasteiger partial charge in [0.15, 0.2) is 0 Å². The van der Waals surface area contributed by atoms with Crippen LogP contribution in [0, 0.1) is 41.2 Å². The molecule has 0 aliphatic carbocycles. The van der Waals surface area contributed by atoms with Gasteiger partial charge in [0, 0.05) is 89.9 Å². The van der Waals surface area contributed by atoms with Crippen molar-refractivity contribution in [2.75, 3.05) is 58.8 Å². The molecule has 3 fully saturated rings. The van der Waals surface area contributed by atoms with E-state index in [2.05, 4.69) is 56.8 Å². The van der Waals surface area contributed by atoms with E-state index in [9.17, 15) is 66.6 Å². The number of carbonyl (C=O) groups is 8. The summed E-state index contributed by atoms with van der Waals surface area (Å²) in [5.41, 5.74) is -8.51. The summed E-state index contributed by atoms with van der Waals surface area (Å²) < 4.78 is 200. The number of anilines is 1. The first-order chi connectivity index (χ1) is 54.0. The summed E-state index contributed by atoms with van der Waals surface area (Å²) in [5, 5.41) is 21.8. The number of piperazine rings is 1. The maximum atomic E-state index is 16.8. The quantitative estimate of drug-likeness (QED) is 0.00369. The van der Waals surface area contributed by atoms with Crippen molar-refractivity contribution >= 4 is 61.8 Å². The largest absolute Gasteiger partial charge is 0.524 e. The number of aliphatic carboxylic acids is 1. The van der Waals surface area contributed by atoms with Crippen LogP contribution in [0.4, 0.5) is 64.2 Å². The van der Waals surface area contributed by atoms with Crippen LogP contribution in [-0.4, -0.2) is 207 Å². The highest BCUT2D eigenvalue weighted by Crippen LogP contribution is 2.47. The number of ether oxygens (including phenoxy) is 6. The van der Waals surface area contributed by atoms with E-state index >= 15 is 35.1 Å². The Balaban J connectivity index is 1.19. The predicted octanol–water partition coefficient (Wildman–Crippen LogP) is 9.12. The first-order valence-corrected chi connectivity index (χ1v) is 37.5. The molecule has 8 rings (SSSR count). The molecule has 3 aromatic carbocycles. The summed E-state index contributed by atoms with van der Waals surface area (Å²) in [6.45, 7) is 4.38. The number of aromatic nitrogens is 4. The zero-order valence-corrected chi connectivity index (χ0v) is 65.6. The van der Waals surface area contributed by atoms with Crippen LogP contribution >= 0.6 is 7.82 Å². The number of nitrogens with zero attached hydrogens (tertiary/aromatic N) is 7. The van der Waals surface area contributed by atoms with Crippen LogP contribution < -0.4 is 36.1 Å². The molecule has 2 aromatic heterocycles. The van der Waals surface area contributed by atoms with Crippen molar-refractivity contribution < 1.29 is 135 Å². The summed E-state index contributed by atoms with van der Waals surface area (Å²) in [5.74, 6) is -4.10. The summed E-state index contributed by atoms with van der Waals surface area (Å²) in [6.07, 6.45) is -15.1. The van der Waals surface area contributed by atoms with Crippen molar-refractivity contribution in [3.63, 3.8) is 0 Å². The highest BCUT2D eigenvalue weighted by Gasteiger charge is 2.58. The summed E-state index contributed by atoms with van der Waals surface area (Å²) >= 11 is 0. The second kappa shape index (κ2) is 37.3. The van der Waals surface area contributed by atoms with Gasteiger partial charge in [-0.1, -0.05) is 43.9 Å².